The van der Waals surface area contributed by atoms with E-state index in [9.17, 15) is 0 Å². The zero-order chi connectivity index (χ0) is 25.6. The van der Waals surface area contributed by atoms with E-state index in [1.165, 1.54) is 21.9 Å². The van der Waals surface area contributed by atoms with Crippen molar-refractivity contribution in [2.24, 2.45) is 12.5 Å². The molecule has 1 aromatic heterocycles. The van der Waals surface area contributed by atoms with Gasteiger partial charge >= 0.3 is 0 Å². The van der Waals surface area contributed by atoms with E-state index in [2.05, 4.69) is 63.6 Å². The number of hydrogen-bond acceptors (Lipinski definition) is 1. The van der Waals surface area contributed by atoms with Crippen LogP contribution in [0.25, 0.3) is 43.6 Å². The highest BCUT2D eigenvalue weighted by molar-refractivity contribution is 6.17. The molecule has 0 amide bonds. The number of fused-ring (bicyclic) bond motifs is 5. The summed E-state index contributed by atoms with van der Waals surface area (Å²) in [5.74, 6) is 1.70. The minimum absolute atomic E-state index is 0.0711. The van der Waals surface area contributed by atoms with Gasteiger partial charge in [0, 0.05) is 21.1 Å². The smallest absolute Gasteiger partial charge is 0.228 e. The zero-order valence-electron chi connectivity index (χ0n) is 22.8. The van der Waals surface area contributed by atoms with Crippen molar-refractivity contribution in [3.05, 3.63) is 77.5 Å². The van der Waals surface area contributed by atoms with E-state index in [4.69, 9.17) is 8.85 Å². The molecule has 0 N–H and O–H groups in total. The Morgan fingerprint density at radius 1 is 0.939 bits per heavy atom. The number of pyridine rings is 1. The molecule has 0 saturated heterocycles. The van der Waals surface area contributed by atoms with Crippen molar-refractivity contribution < 1.29 is 13.4 Å². The largest absolute Gasteiger partial charge is 0.455 e. The van der Waals surface area contributed by atoms with Gasteiger partial charge in [-0.1, -0.05) is 63.2 Å². The molecule has 1 aliphatic rings. The molecule has 0 bridgehead atoms. The molecule has 0 unspecified atom stereocenters. The van der Waals surface area contributed by atoms with Crippen LogP contribution in [0, 0.1) is 19.2 Å². The van der Waals surface area contributed by atoms with E-state index >= 15 is 0 Å². The molecule has 164 valence electrons. The first kappa shape index (κ1) is 17.1. The lowest BCUT2D eigenvalue weighted by atomic mass is 9.81. The molecule has 0 fully saturated rings. The third-order valence-corrected chi connectivity index (χ3v) is 6.91. The SMILES string of the molecule is [2H]C([2H])([2H])c1cccc2cc3c4c([n+](C)ccc4c12)-c1c(c(CC(C)(C)C)c2ccccc2c1C)O3. The monoisotopic (exact) mass is 435 g/mol. The van der Waals surface area contributed by atoms with Crippen molar-refractivity contribution in [2.45, 2.75) is 41.0 Å². The summed E-state index contributed by atoms with van der Waals surface area (Å²) in [5, 5.41) is 5.99. The molecule has 0 radical (unpaired) electrons. The highest BCUT2D eigenvalue weighted by Crippen LogP contribution is 2.52. The molecule has 0 atom stereocenters. The van der Waals surface area contributed by atoms with Crippen LogP contribution in [0.5, 0.6) is 11.5 Å². The Morgan fingerprint density at radius 3 is 2.48 bits per heavy atom. The molecule has 2 heteroatoms. The Labute approximate surface area is 199 Å². The van der Waals surface area contributed by atoms with Gasteiger partial charge < -0.3 is 4.74 Å². The molecule has 0 saturated carbocycles. The molecule has 5 aromatic rings. The van der Waals surface area contributed by atoms with E-state index in [-0.39, 0.29) is 5.41 Å². The van der Waals surface area contributed by atoms with Crippen LogP contribution in [0.2, 0.25) is 0 Å². The Kier molecular flexibility index (Phi) is 3.53. The number of aromatic nitrogens is 1. The number of nitrogens with zero attached hydrogens (tertiary/aromatic N) is 1. The molecule has 6 rings (SSSR count). The normalized spacial score (nSPS) is 14.6. The first-order valence-corrected chi connectivity index (χ1v) is 11.6. The Balaban J connectivity index is 1.82. The predicted molar refractivity (Wildman–Crippen MR) is 138 cm³/mol. The maximum Gasteiger partial charge on any atom is 0.228 e. The summed E-state index contributed by atoms with van der Waals surface area (Å²) in [5.41, 5.74) is 5.01. The van der Waals surface area contributed by atoms with E-state index < -0.39 is 6.85 Å². The maximum atomic E-state index is 8.19. The van der Waals surface area contributed by atoms with Gasteiger partial charge in [0.2, 0.25) is 5.69 Å². The van der Waals surface area contributed by atoms with Gasteiger partial charge in [0.15, 0.2) is 6.20 Å². The summed E-state index contributed by atoms with van der Waals surface area (Å²) in [4.78, 5) is 0. The van der Waals surface area contributed by atoms with Crippen LogP contribution in [0.3, 0.4) is 0 Å². The lowest BCUT2D eigenvalue weighted by Gasteiger charge is -2.28. The van der Waals surface area contributed by atoms with Gasteiger partial charge in [-0.25, -0.2) is 4.57 Å². The minimum Gasteiger partial charge on any atom is -0.455 e. The van der Waals surface area contributed by atoms with E-state index in [1.807, 2.05) is 30.5 Å². The van der Waals surface area contributed by atoms with Crippen LogP contribution >= 0.6 is 0 Å². The minimum atomic E-state index is -2.21. The van der Waals surface area contributed by atoms with Crippen LogP contribution in [-0.4, -0.2) is 0 Å². The van der Waals surface area contributed by atoms with Crippen molar-refractivity contribution in [1.29, 1.82) is 0 Å². The number of hydrogen-bond donors (Lipinski definition) is 0. The van der Waals surface area contributed by atoms with E-state index in [0.717, 1.165) is 50.7 Å². The van der Waals surface area contributed by atoms with Crippen LogP contribution in [0.4, 0.5) is 0 Å². The second-order valence-corrected chi connectivity index (χ2v) is 10.5. The third kappa shape index (κ3) is 2.90. The molecule has 33 heavy (non-hydrogen) atoms. The Morgan fingerprint density at radius 2 is 1.73 bits per heavy atom. The average Bonchev–Trinajstić information content (AvgIpc) is 2.81. The molecule has 1 aliphatic heterocycles. The summed E-state index contributed by atoms with van der Waals surface area (Å²) in [7, 11) is 2.06. The fourth-order valence-corrected chi connectivity index (χ4v) is 5.56. The summed E-state index contributed by atoms with van der Waals surface area (Å²) in [6, 6.07) is 18.2. The Hall–Kier alpha value is -3.39. The topological polar surface area (TPSA) is 13.1 Å². The Bertz CT molecular complexity index is 1730. The lowest BCUT2D eigenvalue weighted by Crippen LogP contribution is -2.32. The number of aryl methyl sites for hydroxylation is 3. The molecule has 0 aliphatic carbocycles. The van der Waals surface area contributed by atoms with Crippen molar-refractivity contribution in [1.82, 2.24) is 0 Å². The molecule has 2 heterocycles. The number of benzene rings is 4. The highest BCUT2D eigenvalue weighted by atomic mass is 16.5. The van der Waals surface area contributed by atoms with Gasteiger partial charge in [-0.15, -0.1) is 0 Å². The fraction of sp³-hybridized carbons (Fsp3) is 0.258. The standard InChI is InChI=1S/C31H30NO/c1-18-10-9-11-20-16-25-28-23(26(18)20)14-15-32(6)29(28)27-19(2)21-12-7-8-13-22(21)24(30(27)33-25)17-31(3,4)5/h7-16H,17H2,1-6H3/q+1/i1D3. The van der Waals surface area contributed by atoms with Gasteiger partial charge in [-0.05, 0) is 64.3 Å². The van der Waals surface area contributed by atoms with Gasteiger partial charge in [0.1, 0.15) is 18.5 Å². The fourth-order valence-electron chi connectivity index (χ4n) is 5.56. The van der Waals surface area contributed by atoms with Gasteiger partial charge in [0.25, 0.3) is 0 Å². The van der Waals surface area contributed by atoms with Crippen LogP contribution in [-0.2, 0) is 13.5 Å². The first-order valence-electron chi connectivity index (χ1n) is 13.1. The quantitative estimate of drug-likeness (QED) is 0.189. The number of rotatable bonds is 1. The third-order valence-electron chi connectivity index (χ3n) is 6.91. The van der Waals surface area contributed by atoms with E-state index in [0.29, 0.717) is 5.56 Å². The summed E-state index contributed by atoms with van der Waals surface area (Å²) < 4.78 is 33.6. The van der Waals surface area contributed by atoms with Crippen molar-refractivity contribution >= 4 is 32.3 Å². The van der Waals surface area contributed by atoms with Gasteiger partial charge in [-0.3, -0.25) is 0 Å². The summed E-state index contributed by atoms with van der Waals surface area (Å²) >= 11 is 0. The molecular weight excluding hydrogens is 402 g/mol. The average molecular weight is 436 g/mol. The maximum absolute atomic E-state index is 8.19. The second kappa shape index (κ2) is 6.81. The summed E-state index contributed by atoms with van der Waals surface area (Å²) in [6.45, 7) is 6.74. The first-order chi connectivity index (χ1) is 17.0. The predicted octanol–water partition coefficient (Wildman–Crippen LogP) is 7.95. The van der Waals surface area contributed by atoms with Crippen molar-refractivity contribution in [3.63, 3.8) is 0 Å². The van der Waals surface area contributed by atoms with Crippen LogP contribution < -0.4 is 9.30 Å². The molecule has 4 aromatic carbocycles. The van der Waals surface area contributed by atoms with Gasteiger partial charge in [0.05, 0.1) is 10.9 Å². The van der Waals surface area contributed by atoms with Crippen molar-refractivity contribution in [3.8, 4) is 22.8 Å². The lowest BCUT2D eigenvalue weighted by molar-refractivity contribution is -0.659. The number of ether oxygens (including phenoxy) is 1. The van der Waals surface area contributed by atoms with Gasteiger partial charge in [-0.2, -0.15) is 0 Å². The molecule has 0 spiro atoms. The summed E-state index contributed by atoms with van der Waals surface area (Å²) in [6.07, 6.45) is 2.92. The van der Waals surface area contributed by atoms with Crippen LogP contribution in [0.15, 0.2) is 60.8 Å². The second-order valence-electron chi connectivity index (χ2n) is 10.5. The molecule has 2 nitrogen and oxygen atoms in total. The van der Waals surface area contributed by atoms with Crippen molar-refractivity contribution in [2.75, 3.05) is 0 Å². The highest BCUT2D eigenvalue weighted by Gasteiger charge is 2.34. The van der Waals surface area contributed by atoms with E-state index in [1.54, 1.807) is 6.07 Å². The van der Waals surface area contributed by atoms with Crippen LogP contribution in [0.1, 0.15) is 41.6 Å². The zero-order valence-corrected chi connectivity index (χ0v) is 19.8. The molecular formula is C31H30NO+.